The van der Waals surface area contributed by atoms with Gasteiger partial charge in [-0.25, -0.2) is 4.68 Å². The zero-order valence-corrected chi connectivity index (χ0v) is 16.0. The van der Waals surface area contributed by atoms with Crippen molar-refractivity contribution in [3.63, 3.8) is 0 Å². The number of rotatable bonds is 7. The Morgan fingerprint density at radius 1 is 1.25 bits per heavy atom. The van der Waals surface area contributed by atoms with E-state index in [9.17, 15) is 9.59 Å². The molecule has 1 aliphatic rings. The van der Waals surface area contributed by atoms with Crippen molar-refractivity contribution in [2.75, 3.05) is 32.1 Å². The molecule has 1 saturated heterocycles. The van der Waals surface area contributed by atoms with Crippen molar-refractivity contribution < 1.29 is 19.4 Å². The number of anilines is 1. The molecule has 0 aliphatic carbocycles. The highest BCUT2D eigenvalue weighted by Crippen LogP contribution is 2.27. The van der Waals surface area contributed by atoms with E-state index < -0.39 is 6.10 Å². The maximum absolute atomic E-state index is 12.7. The summed E-state index contributed by atoms with van der Waals surface area (Å²) in [6, 6.07) is 11.2. The van der Waals surface area contributed by atoms with Gasteiger partial charge in [0.05, 0.1) is 18.8 Å². The van der Waals surface area contributed by atoms with Crippen LogP contribution in [0.1, 0.15) is 37.0 Å². The lowest BCUT2D eigenvalue weighted by atomic mass is 10.0. The number of benzene rings is 1. The van der Waals surface area contributed by atoms with E-state index in [1.807, 2.05) is 35.0 Å². The van der Waals surface area contributed by atoms with Crippen molar-refractivity contribution in [3.05, 3.63) is 48.2 Å². The Hall–Kier alpha value is -2.71. The van der Waals surface area contributed by atoms with E-state index in [0.29, 0.717) is 18.9 Å². The van der Waals surface area contributed by atoms with Crippen LogP contribution in [0.4, 0.5) is 5.82 Å². The molecule has 2 aromatic rings. The van der Waals surface area contributed by atoms with Gasteiger partial charge in [-0.15, -0.1) is 0 Å². The number of aliphatic hydroxyl groups is 1. The summed E-state index contributed by atoms with van der Waals surface area (Å²) in [4.78, 5) is 26.4. The molecule has 1 atom stereocenters. The van der Waals surface area contributed by atoms with Crippen molar-refractivity contribution >= 4 is 17.6 Å². The maximum atomic E-state index is 12.7. The number of aliphatic hydroxyl groups excluding tert-OH is 1. The number of nitrogens with zero attached hydrogens (tertiary/aromatic N) is 3. The molecule has 0 bridgehead atoms. The van der Waals surface area contributed by atoms with Gasteiger partial charge in [0.15, 0.2) is 6.10 Å². The van der Waals surface area contributed by atoms with E-state index in [1.165, 1.54) is 7.11 Å². The van der Waals surface area contributed by atoms with Gasteiger partial charge in [-0.1, -0.05) is 30.3 Å². The topological polar surface area (TPSA) is 96.7 Å². The minimum atomic E-state index is -0.706. The number of likely N-dealkylation sites (tertiary alicyclic amines) is 1. The van der Waals surface area contributed by atoms with Crippen LogP contribution in [0.5, 0.6) is 0 Å². The van der Waals surface area contributed by atoms with Crippen LogP contribution < -0.4 is 5.32 Å². The Labute approximate surface area is 164 Å². The van der Waals surface area contributed by atoms with Gasteiger partial charge in [0, 0.05) is 32.7 Å². The molecule has 0 unspecified atom stereocenters. The second-order valence-corrected chi connectivity index (χ2v) is 6.76. The largest absolute Gasteiger partial charge is 0.396 e. The highest BCUT2D eigenvalue weighted by molar-refractivity contribution is 5.94. The smallest absolute Gasteiger partial charge is 0.259 e. The number of carbonyl (C=O) groups excluding carboxylic acids is 2. The van der Waals surface area contributed by atoms with Gasteiger partial charge in [-0.3, -0.25) is 9.59 Å². The van der Waals surface area contributed by atoms with Crippen LogP contribution in [0.25, 0.3) is 0 Å². The fraction of sp³-hybridized carbons (Fsp3) is 0.450. The van der Waals surface area contributed by atoms with E-state index in [2.05, 4.69) is 10.4 Å². The third-order valence-corrected chi connectivity index (χ3v) is 4.99. The summed E-state index contributed by atoms with van der Waals surface area (Å²) < 4.78 is 7.20. The average molecular weight is 386 g/mol. The molecule has 0 spiro atoms. The zero-order valence-electron chi connectivity index (χ0n) is 16.0. The van der Waals surface area contributed by atoms with Crippen molar-refractivity contribution in [2.45, 2.75) is 31.4 Å². The second kappa shape index (κ2) is 9.48. The molecule has 2 amide bonds. The van der Waals surface area contributed by atoms with Crippen LogP contribution in [-0.4, -0.2) is 58.4 Å². The molecule has 2 heterocycles. The monoisotopic (exact) mass is 386 g/mol. The van der Waals surface area contributed by atoms with Gasteiger partial charge in [0.1, 0.15) is 5.82 Å². The number of amides is 2. The number of methoxy groups -OCH3 is 1. The molecule has 150 valence electrons. The molecule has 0 saturated carbocycles. The first-order valence-electron chi connectivity index (χ1n) is 9.44. The highest BCUT2D eigenvalue weighted by Gasteiger charge is 2.27. The van der Waals surface area contributed by atoms with Gasteiger partial charge in [0.25, 0.3) is 5.91 Å². The molecule has 2 N–H and O–H groups in total. The molecule has 1 aromatic heterocycles. The Morgan fingerprint density at radius 2 is 1.96 bits per heavy atom. The van der Waals surface area contributed by atoms with Crippen molar-refractivity contribution in [3.8, 4) is 0 Å². The van der Waals surface area contributed by atoms with E-state index in [4.69, 9.17) is 9.84 Å². The predicted octanol–water partition coefficient (Wildman–Crippen LogP) is 1.76. The van der Waals surface area contributed by atoms with Crippen LogP contribution >= 0.6 is 0 Å². The van der Waals surface area contributed by atoms with E-state index >= 15 is 0 Å². The molecule has 28 heavy (non-hydrogen) atoms. The van der Waals surface area contributed by atoms with E-state index in [0.717, 1.165) is 18.4 Å². The molecular formula is C20H26N4O4. The number of hydrogen-bond donors (Lipinski definition) is 2. The van der Waals surface area contributed by atoms with Crippen molar-refractivity contribution in [2.24, 2.45) is 0 Å². The highest BCUT2D eigenvalue weighted by atomic mass is 16.5. The Bertz CT molecular complexity index is 785. The lowest BCUT2D eigenvalue weighted by Crippen LogP contribution is -2.39. The summed E-state index contributed by atoms with van der Waals surface area (Å²) in [7, 11) is 1.51. The Kier molecular flexibility index (Phi) is 6.78. The molecule has 1 fully saturated rings. The molecule has 8 nitrogen and oxygen atoms in total. The average Bonchev–Trinajstić information content (AvgIpc) is 3.17. The quantitative estimate of drug-likeness (QED) is 0.756. The Morgan fingerprint density at radius 3 is 2.61 bits per heavy atom. The maximum Gasteiger partial charge on any atom is 0.259 e. The molecule has 1 aromatic carbocycles. The van der Waals surface area contributed by atoms with E-state index in [1.54, 1.807) is 17.2 Å². The van der Waals surface area contributed by atoms with Gasteiger partial charge >= 0.3 is 0 Å². The first-order chi connectivity index (χ1) is 13.6. The summed E-state index contributed by atoms with van der Waals surface area (Å²) in [6.45, 7) is 1.10. The van der Waals surface area contributed by atoms with Crippen LogP contribution in [0.15, 0.2) is 42.6 Å². The second-order valence-electron chi connectivity index (χ2n) is 6.76. The summed E-state index contributed by atoms with van der Waals surface area (Å²) in [5.74, 6) is 0.329. The first-order valence-corrected chi connectivity index (χ1v) is 9.44. The fourth-order valence-corrected chi connectivity index (χ4v) is 3.53. The van der Waals surface area contributed by atoms with Crippen LogP contribution in [-0.2, 0) is 14.3 Å². The Balaban J connectivity index is 1.64. The lowest BCUT2D eigenvalue weighted by Gasteiger charge is -2.32. The SMILES string of the molecule is CO[C@@H](C(=O)Nc1ccnn1C1CCN(C(=O)CCO)CC1)c1ccccc1. The van der Waals surface area contributed by atoms with Crippen molar-refractivity contribution in [1.29, 1.82) is 0 Å². The number of piperidine rings is 1. The third kappa shape index (κ3) is 4.58. The number of ether oxygens (including phenoxy) is 1. The standard InChI is InChI=1S/C20H26N4O4/c1-28-19(15-5-3-2-4-6-15)20(27)22-17-7-11-21-24(17)16-8-12-23(13-9-16)18(26)10-14-25/h2-7,11,16,19,25H,8-10,12-14H2,1H3,(H,22,27)/t19-/m1/s1. The number of hydrogen-bond acceptors (Lipinski definition) is 5. The lowest BCUT2D eigenvalue weighted by molar-refractivity contribution is -0.133. The molecule has 3 rings (SSSR count). The molecule has 1 aliphatic heterocycles. The number of carbonyl (C=O) groups is 2. The van der Waals surface area contributed by atoms with Gasteiger partial charge in [-0.2, -0.15) is 5.10 Å². The third-order valence-electron chi connectivity index (χ3n) is 4.99. The summed E-state index contributed by atoms with van der Waals surface area (Å²) in [5, 5.41) is 16.2. The number of aromatic nitrogens is 2. The fourth-order valence-electron chi connectivity index (χ4n) is 3.53. The van der Waals surface area contributed by atoms with Crippen LogP contribution in [0.2, 0.25) is 0 Å². The predicted molar refractivity (Wildman–Crippen MR) is 104 cm³/mol. The first kappa shape index (κ1) is 20.0. The van der Waals surface area contributed by atoms with Crippen LogP contribution in [0, 0.1) is 0 Å². The summed E-state index contributed by atoms with van der Waals surface area (Å²) >= 11 is 0. The minimum Gasteiger partial charge on any atom is -0.396 e. The van der Waals surface area contributed by atoms with Crippen LogP contribution in [0.3, 0.4) is 0 Å². The summed E-state index contributed by atoms with van der Waals surface area (Å²) in [5.41, 5.74) is 0.782. The normalized spacial score (nSPS) is 16.0. The van der Waals surface area contributed by atoms with Gasteiger partial charge in [0.2, 0.25) is 5.91 Å². The molecule has 8 heteroatoms. The van der Waals surface area contributed by atoms with Crippen molar-refractivity contribution in [1.82, 2.24) is 14.7 Å². The van der Waals surface area contributed by atoms with E-state index in [-0.39, 0.29) is 30.9 Å². The summed E-state index contributed by atoms with van der Waals surface area (Å²) in [6.07, 6.45) is 2.60. The van der Waals surface area contributed by atoms with Gasteiger partial charge < -0.3 is 20.1 Å². The zero-order chi connectivity index (χ0) is 19.9. The van der Waals surface area contributed by atoms with Gasteiger partial charge in [-0.05, 0) is 18.4 Å². The minimum absolute atomic E-state index is 0.0271. The number of nitrogens with one attached hydrogen (secondary N) is 1. The molecule has 0 radical (unpaired) electrons. The molecular weight excluding hydrogens is 360 g/mol.